The number of aromatic amines is 1. The van der Waals surface area contributed by atoms with Crippen LogP contribution in [0, 0.1) is 17.2 Å². The van der Waals surface area contributed by atoms with Crippen LogP contribution in [-0.4, -0.2) is 33.9 Å². The Morgan fingerprint density at radius 2 is 2.24 bits per heavy atom. The fraction of sp³-hybridized carbons (Fsp3) is 0.438. The van der Waals surface area contributed by atoms with Crippen LogP contribution in [0.2, 0.25) is 0 Å². The summed E-state index contributed by atoms with van der Waals surface area (Å²) in [6.07, 6.45) is 3.08. The van der Waals surface area contributed by atoms with Gasteiger partial charge in [-0.05, 0) is 37.5 Å². The van der Waals surface area contributed by atoms with Gasteiger partial charge in [-0.3, -0.25) is 4.79 Å². The fourth-order valence-corrected chi connectivity index (χ4v) is 3.06. The van der Waals surface area contributed by atoms with E-state index in [1.165, 1.54) is 0 Å². The van der Waals surface area contributed by atoms with E-state index >= 15 is 0 Å². The van der Waals surface area contributed by atoms with E-state index in [1.807, 2.05) is 17.0 Å². The molecular weight excluding hydrogens is 264 g/mol. The molecule has 1 saturated heterocycles. The summed E-state index contributed by atoms with van der Waals surface area (Å²) in [6, 6.07) is 7.62. The second-order valence-corrected chi connectivity index (χ2v) is 6.01. The number of hydrogen-bond acceptors (Lipinski definition) is 3. The van der Waals surface area contributed by atoms with E-state index in [-0.39, 0.29) is 11.8 Å². The van der Waals surface area contributed by atoms with Crippen molar-refractivity contribution in [3.63, 3.8) is 0 Å². The summed E-state index contributed by atoms with van der Waals surface area (Å²) in [5, 5.41) is 8.94. The SMILES string of the molecule is N#Cc1ccc2nc([C@H]3CCN(C(=O)C4CC4)C3)[nH]c2c1. The minimum atomic E-state index is 0.283. The van der Waals surface area contributed by atoms with Gasteiger partial charge in [-0.15, -0.1) is 0 Å². The van der Waals surface area contributed by atoms with Crippen molar-refractivity contribution in [3.05, 3.63) is 29.6 Å². The maximum Gasteiger partial charge on any atom is 0.225 e. The molecule has 2 heterocycles. The summed E-state index contributed by atoms with van der Waals surface area (Å²) in [5.41, 5.74) is 2.42. The number of hydrogen-bond donors (Lipinski definition) is 1. The Bertz CT molecular complexity index is 753. The molecule has 2 fully saturated rings. The quantitative estimate of drug-likeness (QED) is 0.916. The molecule has 4 rings (SSSR count). The lowest BCUT2D eigenvalue weighted by molar-refractivity contribution is -0.131. The largest absolute Gasteiger partial charge is 0.342 e. The van der Waals surface area contributed by atoms with Gasteiger partial charge in [-0.25, -0.2) is 4.98 Å². The molecule has 0 bridgehead atoms. The second kappa shape index (κ2) is 4.59. The first kappa shape index (κ1) is 12.4. The number of benzene rings is 1. The monoisotopic (exact) mass is 280 g/mol. The molecule has 1 amide bonds. The van der Waals surface area contributed by atoms with Crippen molar-refractivity contribution in [2.24, 2.45) is 5.92 Å². The van der Waals surface area contributed by atoms with Crippen molar-refractivity contribution in [3.8, 4) is 6.07 Å². The van der Waals surface area contributed by atoms with Crippen LogP contribution in [0.15, 0.2) is 18.2 Å². The molecule has 106 valence electrons. The Hall–Kier alpha value is -2.35. The van der Waals surface area contributed by atoms with Gasteiger partial charge in [-0.2, -0.15) is 5.26 Å². The smallest absolute Gasteiger partial charge is 0.225 e. The zero-order valence-electron chi connectivity index (χ0n) is 11.7. The summed E-state index contributed by atoms with van der Waals surface area (Å²) in [5.74, 6) is 1.83. The van der Waals surface area contributed by atoms with Gasteiger partial charge in [0, 0.05) is 24.9 Å². The number of nitrogens with one attached hydrogen (secondary N) is 1. The van der Waals surface area contributed by atoms with E-state index in [0.29, 0.717) is 11.5 Å². The van der Waals surface area contributed by atoms with Crippen LogP contribution in [0.3, 0.4) is 0 Å². The molecule has 2 aromatic rings. The summed E-state index contributed by atoms with van der Waals surface area (Å²) in [6.45, 7) is 1.60. The number of nitrogens with zero attached hydrogens (tertiary/aromatic N) is 3. The van der Waals surface area contributed by atoms with Crippen molar-refractivity contribution in [1.29, 1.82) is 5.26 Å². The number of likely N-dealkylation sites (tertiary alicyclic amines) is 1. The highest BCUT2D eigenvalue weighted by Gasteiger charge is 2.37. The lowest BCUT2D eigenvalue weighted by Gasteiger charge is -2.15. The van der Waals surface area contributed by atoms with Gasteiger partial charge in [0.05, 0.1) is 22.7 Å². The Morgan fingerprint density at radius 3 is 3.00 bits per heavy atom. The molecule has 2 aliphatic rings. The fourth-order valence-electron chi connectivity index (χ4n) is 3.06. The van der Waals surface area contributed by atoms with Gasteiger partial charge in [-0.1, -0.05) is 0 Å². The highest BCUT2D eigenvalue weighted by Crippen LogP contribution is 2.34. The molecule has 1 atom stereocenters. The first-order chi connectivity index (χ1) is 10.2. The number of aromatic nitrogens is 2. The second-order valence-electron chi connectivity index (χ2n) is 6.01. The third kappa shape index (κ3) is 2.17. The van der Waals surface area contributed by atoms with Crippen LogP contribution in [0.5, 0.6) is 0 Å². The average molecular weight is 280 g/mol. The van der Waals surface area contributed by atoms with Crippen molar-refractivity contribution < 1.29 is 4.79 Å². The lowest BCUT2D eigenvalue weighted by atomic mass is 10.1. The Kier molecular flexibility index (Phi) is 2.71. The van der Waals surface area contributed by atoms with E-state index in [9.17, 15) is 4.79 Å². The zero-order valence-corrected chi connectivity index (χ0v) is 11.7. The number of nitriles is 1. The number of amides is 1. The first-order valence-corrected chi connectivity index (χ1v) is 7.43. The normalized spacial score (nSPS) is 21.7. The number of imidazole rings is 1. The molecule has 0 unspecified atom stereocenters. The van der Waals surface area contributed by atoms with E-state index < -0.39 is 0 Å². The highest BCUT2D eigenvalue weighted by molar-refractivity contribution is 5.81. The van der Waals surface area contributed by atoms with Crippen LogP contribution in [0.4, 0.5) is 0 Å². The molecule has 5 heteroatoms. The molecule has 1 saturated carbocycles. The molecule has 0 spiro atoms. The van der Waals surface area contributed by atoms with Gasteiger partial charge in [0.15, 0.2) is 0 Å². The number of carbonyl (C=O) groups is 1. The average Bonchev–Trinajstić information content (AvgIpc) is 3.09. The van der Waals surface area contributed by atoms with Gasteiger partial charge >= 0.3 is 0 Å². The van der Waals surface area contributed by atoms with Crippen molar-refractivity contribution in [2.75, 3.05) is 13.1 Å². The summed E-state index contributed by atoms with van der Waals surface area (Å²) < 4.78 is 0. The summed E-state index contributed by atoms with van der Waals surface area (Å²) in [4.78, 5) is 22.0. The summed E-state index contributed by atoms with van der Waals surface area (Å²) in [7, 11) is 0. The van der Waals surface area contributed by atoms with Gasteiger partial charge in [0.25, 0.3) is 0 Å². The first-order valence-electron chi connectivity index (χ1n) is 7.43. The number of carbonyl (C=O) groups excluding carboxylic acids is 1. The third-order valence-electron chi connectivity index (χ3n) is 4.44. The van der Waals surface area contributed by atoms with Crippen LogP contribution < -0.4 is 0 Å². The third-order valence-corrected chi connectivity index (χ3v) is 4.44. The Morgan fingerprint density at radius 1 is 1.38 bits per heavy atom. The zero-order chi connectivity index (χ0) is 14.4. The molecule has 1 aromatic carbocycles. The van der Waals surface area contributed by atoms with Crippen LogP contribution >= 0.6 is 0 Å². The minimum absolute atomic E-state index is 0.283. The predicted octanol–water partition coefficient (Wildman–Crippen LogP) is 2.16. The van der Waals surface area contributed by atoms with Gasteiger partial charge in [0.1, 0.15) is 5.82 Å². The number of fused-ring (bicyclic) bond motifs is 1. The predicted molar refractivity (Wildman–Crippen MR) is 77.5 cm³/mol. The van der Waals surface area contributed by atoms with Gasteiger partial charge in [0.2, 0.25) is 5.91 Å². The van der Waals surface area contributed by atoms with Crippen LogP contribution in [0.25, 0.3) is 11.0 Å². The molecular formula is C16H16N4O. The van der Waals surface area contributed by atoms with Crippen molar-refractivity contribution in [1.82, 2.24) is 14.9 Å². The number of rotatable bonds is 2. The van der Waals surface area contributed by atoms with Crippen LogP contribution in [0.1, 0.15) is 36.6 Å². The maximum absolute atomic E-state index is 12.1. The summed E-state index contributed by atoms with van der Waals surface area (Å²) >= 11 is 0. The molecule has 21 heavy (non-hydrogen) atoms. The van der Waals surface area contributed by atoms with Crippen molar-refractivity contribution in [2.45, 2.75) is 25.2 Å². The topological polar surface area (TPSA) is 72.8 Å². The lowest BCUT2D eigenvalue weighted by Crippen LogP contribution is -2.29. The molecule has 1 aromatic heterocycles. The molecule has 0 radical (unpaired) electrons. The Balaban J connectivity index is 1.56. The maximum atomic E-state index is 12.1. The molecule has 5 nitrogen and oxygen atoms in total. The van der Waals surface area contributed by atoms with Gasteiger partial charge < -0.3 is 9.88 Å². The molecule has 1 N–H and O–H groups in total. The van der Waals surface area contributed by atoms with E-state index in [4.69, 9.17) is 5.26 Å². The standard InChI is InChI=1S/C16H16N4O/c17-8-10-1-4-13-14(7-10)19-15(18-13)12-5-6-20(9-12)16(21)11-2-3-11/h1,4,7,11-12H,2-3,5-6,9H2,(H,18,19)/t12-/m0/s1. The van der Waals surface area contributed by atoms with E-state index in [2.05, 4.69) is 16.0 Å². The molecule has 1 aliphatic carbocycles. The minimum Gasteiger partial charge on any atom is -0.342 e. The van der Waals surface area contributed by atoms with Crippen molar-refractivity contribution >= 4 is 16.9 Å². The van der Waals surface area contributed by atoms with E-state index in [0.717, 1.165) is 49.2 Å². The van der Waals surface area contributed by atoms with Crippen LogP contribution in [-0.2, 0) is 4.79 Å². The highest BCUT2D eigenvalue weighted by atomic mass is 16.2. The molecule has 1 aliphatic heterocycles. The Labute approximate surface area is 122 Å². The number of H-pyrrole nitrogens is 1. The van der Waals surface area contributed by atoms with E-state index in [1.54, 1.807) is 6.07 Å².